The zero-order chi connectivity index (χ0) is 16.2. The first-order chi connectivity index (χ1) is 10.3. The van der Waals surface area contributed by atoms with Crippen LogP contribution in [0.15, 0.2) is 59.8 Å². The van der Waals surface area contributed by atoms with Crippen molar-refractivity contribution in [3.8, 4) is 11.1 Å². The molecule has 2 rings (SSSR count). The minimum atomic E-state index is -5.72. The molecule has 0 bridgehead atoms. The molecule has 0 fully saturated rings. The molecular weight excluding hydrogens is 319 g/mol. The van der Waals surface area contributed by atoms with Crippen molar-refractivity contribution in [2.24, 2.45) is 5.16 Å². The van der Waals surface area contributed by atoms with Crippen LogP contribution in [0.2, 0.25) is 0 Å². The first-order valence-corrected chi connectivity index (χ1v) is 7.39. The Labute approximate surface area is 125 Å². The molecule has 0 aromatic heterocycles. The van der Waals surface area contributed by atoms with Gasteiger partial charge in [0.15, 0.2) is 0 Å². The average molecular weight is 329 g/mol. The fraction of sp³-hybridized carbons (Fsp3) is 0.0714. The van der Waals surface area contributed by atoms with Crippen molar-refractivity contribution in [3.63, 3.8) is 0 Å². The highest BCUT2D eigenvalue weighted by molar-refractivity contribution is 7.87. The standard InChI is InChI=1S/C14H10F3NO3S/c15-14(16,17)22(19,20)21-18-10-11-6-8-13(9-7-11)12-4-2-1-3-5-12/h1-10H/b18-10+. The Morgan fingerprint density at radius 2 is 1.45 bits per heavy atom. The van der Waals surface area contributed by atoms with Gasteiger partial charge in [0.05, 0.1) is 6.21 Å². The third-order valence-electron chi connectivity index (χ3n) is 2.64. The van der Waals surface area contributed by atoms with Crippen LogP contribution in [0.4, 0.5) is 13.2 Å². The summed E-state index contributed by atoms with van der Waals surface area (Å²) in [5, 5.41) is 2.85. The van der Waals surface area contributed by atoms with E-state index in [2.05, 4.69) is 9.44 Å². The molecule has 0 radical (unpaired) electrons. The van der Waals surface area contributed by atoms with Crippen molar-refractivity contribution in [2.45, 2.75) is 5.51 Å². The third kappa shape index (κ3) is 3.85. The van der Waals surface area contributed by atoms with Gasteiger partial charge in [0.25, 0.3) is 0 Å². The van der Waals surface area contributed by atoms with E-state index in [-0.39, 0.29) is 0 Å². The number of benzene rings is 2. The lowest BCUT2D eigenvalue weighted by Crippen LogP contribution is -2.23. The molecule has 116 valence electrons. The first-order valence-electron chi connectivity index (χ1n) is 5.98. The van der Waals surface area contributed by atoms with Crippen LogP contribution in [0.5, 0.6) is 0 Å². The molecule has 2 aromatic carbocycles. The molecule has 4 nitrogen and oxygen atoms in total. The Morgan fingerprint density at radius 3 is 2.00 bits per heavy atom. The molecule has 0 aliphatic heterocycles. The molecule has 0 heterocycles. The van der Waals surface area contributed by atoms with Gasteiger partial charge >= 0.3 is 15.6 Å². The van der Waals surface area contributed by atoms with Crippen LogP contribution in [0.25, 0.3) is 11.1 Å². The molecule has 8 heteroatoms. The fourth-order valence-corrected chi connectivity index (χ4v) is 1.81. The molecule has 0 atom stereocenters. The minimum absolute atomic E-state index is 0.400. The van der Waals surface area contributed by atoms with Crippen LogP contribution < -0.4 is 0 Å². The van der Waals surface area contributed by atoms with Crippen LogP contribution in [-0.4, -0.2) is 20.1 Å². The Balaban J connectivity index is 2.08. The molecule has 22 heavy (non-hydrogen) atoms. The van der Waals surface area contributed by atoms with Gasteiger partial charge in [0, 0.05) is 0 Å². The largest absolute Gasteiger partial charge is 0.536 e. The molecule has 0 unspecified atom stereocenters. The Bertz CT molecular complexity index is 754. The molecule has 0 spiro atoms. The van der Waals surface area contributed by atoms with Crippen molar-refractivity contribution in [1.29, 1.82) is 0 Å². The number of oxime groups is 1. The van der Waals surface area contributed by atoms with Gasteiger partial charge in [-0.1, -0.05) is 59.8 Å². The highest BCUT2D eigenvalue weighted by atomic mass is 32.2. The highest BCUT2D eigenvalue weighted by Crippen LogP contribution is 2.24. The first kappa shape index (κ1) is 16.0. The van der Waals surface area contributed by atoms with E-state index >= 15 is 0 Å². The summed E-state index contributed by atoms with van der Waals surface area (Å²) >= 11 is 0. The summed E-state index contributed by atoms with van der Waals surface area (Å²) in [7, 11) is -5.72. The van der Waals surface area contributed by atoms with Crippen molar-refractivity contribution in [1.82, 2.24) is 0 Å². The van der Waals surface area contributed by atoms with Crippen LogP contribution in [-0.2, 0) is 14.4 Å². The van der Waals surface area contributed by atoms with E-state index < -0.39 is 15.6 Å². The van der Waals surface area contributed by atoms with E-state index in [0.29, 0.717) is 5.56 Å². The molecule has 0 N–H and O–H groups in total. The van der Waals surface area contributed by atoms with E-state index in [1.807, 2.05) is 30.3 Å². The monoisotopic (exact) mass is 329 g/mol. The van der Waals surface area contributed by atoms with Gasteiger partial charge in [-0.2, -0.15) is 21.6 Å². The average Bonchev–Trinajstić information content (AvgIpc) is 2.47. The molecule has 0 aliphatic carbocycles. The summed E-state index contributed by atoms with van der Waals surface area (Å²) in [6, 6.07) is 16.1. The quantitative estimate of drug-likeness (QED) is 0.490. The lowest BCUT2D eigenvalue weighted by Gasteiger charge is -2.04. The predicted octanol–water partition coefficient (Wildman–Crippen LogP) is 3.55. The Kier molecular flexibility index (Phi) is 4.51. The number of hydrogen-bond acceptors (Lipinski definition) is 4. The van der Waals surface area contributed by atoms with Gasteiger partial charge in [-0.05, 0) is 16.7 Å². The van der Waals surface area contributed by atoms with Crippen LogP contribution in [0, 0.1) is 0 Å². The maximum absolute atomic E-state index is 12.0. The summed E-state index contributed by atoms with van der Waals surface area (Å²) in [4.78, 5) is 0. The summed E-state index contributed by atoms with van der Waals surface area (Å²) in [6.07, 6.45) is 0.887. The van der Waals surface area contributed by atoms with Gasteiger partial charge in [-0.25, -0.2) is 0 Å². The smallest absolute Gasteiger partial charge is 0.262 e. The maximum atomic E-state index is 12.0. The van der Waals surface area contributed by atoms with Gasteiger partial charge in [-0.15, -0.1) is 0 Å². The lowest BCUT2D eigenvalue weighted by atomic mass is 10.0. The van der Waals surface area contributed by atoms with E-state index in [0.717, 1.165) is 17.3 Å². The summed E-state index contributed by atoms with van der Waals surface area (Å²) in [5.74, 6) is 0. The van der Waals surface area contributed by atoms with Crippen molar-refractivity contribution in [2.75, 3.05) is 0 Å². The second-order valence-corrected chi connectivity index (χ2v) is 5.72. The summed E-state index contributed by atoms with van der Waals surface area (Å²) < 4.78 is 60.8. The fourth-order valence-electron chi connectivity index (χ4n) is 1.57. The summed E-state index contributed by atoms with van der Waals surface area (Å²) in [5.41, 5.74) is -3.22. The third-order valence-corrected chi connectivity index (χ3v) is 3.49. The van der Waals surface area contributed by atoms with Gasteiger partial charge < -0.3 is 0 Å². The van der Waals surface area contributed by atoms with Crippen LogP contribution in [0.1, 0.15) is 5.56 Å². The minimum Gasteiger partial charge on any atom is -0.262 e. The number of rotatable bonds is 4. The van der Waals surface area contributed by atoms with Crippen molar-refractivity contribution >= 4 is 16.3 Å². The van der Waals surface area contributed by atoms with Crippen LogP contribution in [0.3, 0.4) is 0 Å². The number of nitrogens with zero attached hydrogens (tertiary/aromatic N) is 1. The van der Waals surface area contributed by atoms with E-state index in [9.17, 15) is 21.6 Å². The molecule has 0 aliphatic rings. The zero-order valence-corrected chi connectivity index (χ0v) is 11.8. The highest BCUT2D eigenvalue weighted by Gasteiger charge is 2.48. The normalized spacial score (nSPS) is 12.5. The Morgan fingerprint density at radius 1 is 0.909 bits per heavy atom. The molecule has 0 saturated heterocycles. The van der Waals surface area contributed by atoms with Gasteiger partial charge in [0.2, 0.25) is 0 Å². The van der Waals surface area contributed by atoms with Crippen molar-refractivity contribution in [3.05, 3.63) is 60.2 Å². The number of alkyl halides is 3. The van der Waals surface area contributed by atoms with Gasteiger partial charge in [-0.3, -0.25) is 4.28 Å². The molecule has 0 amide bonds. The Hall–Kier alpha value is -2.35. The maximum Gasteiger partial charge on any atom is 0.536 e. The SMILES string of the molecule is O=S(=O)(O/N=C/c1ccc(-c2ccccc2)cc1)C(F)(F)F. The zero-order valence-electron chi connectivity index (χ0n) is 11.0. The van der Waals surface area contributed by atoms with Crippen LogP contribution >= 0.6 is 0 Å². The topological polar surface area (TPSA) is 55.7 Å². The molecule has 2 aromatic rings. The van der Waals surface area contributed by atoms with Gasteiger partial charge in [0.1, 0.15) is 0 Å². The van der Waals surface area contributed by atoms with E-state index in [1.54, 1.807) is 24.3 Å². The van der Waals surface area contributed by atoms with Crippen molar-refractivity contribution < 1.29 is 25.9 Å². The second-order valence-electron chi connectivity index (χ2n) is 4.20. The predicted molar refractivity (Wildman–Crippen MR) is 75.5 cm³/mol. The second kappa shape index (κ2) is 6.18. The lowest BCUT2D eigenvalue weighted by molar-refractivity contribution is -0.0540. The molecular formula is C14H10F3NO3S. The van der Waals surface area contributed by atoms with E-state index in [4.69, 9.17) is 0 Å². The molecule has 0 saturated carbocycles. The number of halogens is 3. The number of hydrogen-bond donors (Lipinski definition) is 0. The summed E-state index contributed by atoms with van der Waals surface area (Å²) in [6.45, 7) is 0. The van der Waals surface area contributed by atoms with E-state index in [1.165, 1.54) is 0 Å².